The van der Waals surface area contributed by atoms with E-state index in [0.29, 0.717) is 5.56 Å². The smallest absolute Gasteiger partial charge is 0.331 e. The fraction of sp³-hybridized carbons (Fsp3) is 0.444. The van der Waals surface area contributed by atoms with Gasteiger partial charge in [0.25, 0.3) is 0 Å². The molecule has 0 aromatic carbocycles. The summed E-state index contributed by atoms with van der Waals surface area (Å²) in [7, 11) is 1.66. The van der Waals surface area contributed by atoms with Crippen molar-refractivity contribution in [1.29, 1.82) is 0 Å². The number of urea groups is 1. The minimum absolute atomic E-state index is 0.283. The molecule has 94 valence electrons. The van der Waals surface area contributed by atoms with E-state index in [1.165, 1.54) is 17.1 Å². The van der Waals surface area contributed by atoms with Gasteiger partial charge < -0.3 is 21.5 Å². The SMILES string of the molecule is Cn1cc(C(NC(=O)NCCN)C(=O)O)cn1. The van der Waals surface area contributed by atoms with E-state index in [9.17, 15) is 9.59 Å². The number of hydrogen-bond donors (Lipinski definition) is 4. The molecule has 0 bridgehead atoms. The first-order valence-electron chi connectivity index (χ1n) is 5.00. The number of nitrogens with two attached hydrogens (primary N) is 1. The molecule has 8 nitrogen and oxygen atoms in total. The standard InChI is InChI=1S/C9H15N5O3/c1-14-5-6(4-12-14)7(8(15)16)13-9(17)11-3-2-10/h4-5,7H,2-3,10H2,1H3,(H,15,16)(H2,11,13,17). The summed E-state index contributed by atoms with van der Waals surface area (Å²) in [6, 6.07) is -1.70. The minimum atomic E-state index is -1.15. The van der Waals surface area contributed by atoms with E-state index in [2.05, 4.69) is 15.7 Å². The molecule has 5 N–H and O–H groups in total. The van der Waals surface area contributed by atoms with Crippen LogP contribution in [0.25, 0.3) is 0 Å². The molecule has 1 aromatic rings. The van der Waals surface area contributed by atoms with Crippen LogP contribution in [-0.2, 0) is 11.8 Å². The fourth-order valence-electron chi connectivity index (χ4n) is 1.24. The number of nitrogens with one attached hydrogen (secondary N) is 2. The van der Waals surface area contributed by atoms with E-state index in [1.54, 1.807) is 7.05 Å². The number of amides is 2. The largest absolute Gasteiger partial charge is 0.479 e. The highest BCUT2D eigenvalue weighted by molar-refractivity contribution is 5.83. The number of carboxylic acid groups (broad SMARTS) is 1. The van der Waals surface area contributed by atoms with Gasteiger partial charge in [0.15, 0.2) is 6.04 Å². The first-order valence-corrected chi connectivity index (χ1v) is 5.00. The third kappa shape index (κ3) is 3.76. The molecule has 0 radical (unpaired) electrons. The molecule has 2 amide bonds. The van der Waals surface area contributed by atoms with Gasteiger partial charge in [0.2, 0.25) is 0 Å². The van der Waals surface area contributed by atoms with Crippen LogP contribution in [0.3, 0.4) is 0 Å². The Balaban J connectivity index is 2.67. The van der Waals surface area contributed by atoms with Crippen LogP contribution in [-0.4, -0.2) is 40.0 Å². The van der Waals surface area contributed by atoms with E-state index in [4.69, 9.17) is 10.8 Å². The summed E-state index contributed by atoms with van der Waals surface area (Å²) in [6.07, 6.45) is 2.92. The van der Waals surface area contributed by atoms with Crippen molar-refractivity contribution in [3.8, 4) is 0 Å². The Morgan fingerprint density at radius 2 is 2.35 bits per heavy atom. The Kier molecular flexibility index (Phi) is 4.46. The lowest BCUT2D eigenvalue weighted by molar-refractivity contribution is -0.139. The van der Waals surface area contributed by atoms with Gasteiger partial charge in [-0.15, -0.1) is 0 Å². The number of carbonyl (C=O) groups excluding carboxylic acids is 1. The second-order valence-corrected chi connectivity index (χ2v) is 3.41. The highest BCUT2D eigenvalue weighted by atomic mass is 16.4. The molecule has 0 fully saturated rings. The average molecular weight is 241 g/mol. The first kappa shape index (κ1) is 13.0. The number of aliphatic carboxylic acids is 1. The minimum Gasteiger partial charge on any atom is -0.479 e. The summed E-state index contributed by atoms with van der Waals surface area (Å²) in [5, 5.41) is 17.6. The van der Waals surface area contributed by atoms with Gasteiger partial charge in [0.1, 0.15) is 0 Å². The van der Waals surface area contributed by atoms with Crippen LogP contribution in [0.1, 0.15) is 11.6 Å². The van der Waals surface area contributed by atoms with Crippen molar-refractivity contribution < 1.29 is 14.7 Å². The molecule has 0 spiro atoms. The van der Waals surface area contributed by atoms with Crippen molar-refractivity contribution >= 4 is 12.0 Å². The lowest BCUT2D eigenvalue weighted by atomic mass is 10.1. The van der Waals surface area contributed by atoms with E-state index in [0.717, 1.165) is 0 Å². The maximum atomic E-state index is 11.3. The van der Waals surface area contributed by atoms with Crippen molar-refractivity contribution in [2.24, 2.45) is 12.8 Å². The number of nitrogens with zero attached hydrogens (tertiary/aromatic N) is 2. The van der Waals surface area contributed by atoms with Crippen LogP contribution in [0, 0.1) is 0 Å². The summed E-state index contributed by atoms with van der Waals surface area (Å²) >= 11 is 0. The molecule has 0 aliphatic rings. The first-order chi connectivity index (χ1) is 8.04. The zero-order chi connectivity index (χ0) is 12.8. The second-order valence-electron chi connectivity index (χ2n) is 3.41. The highest BCUT2D eigenvalue weighted by Crippen LogP contribution is 2.11. The van der Waals surface area contributed by atoms with Crippen LogP contribution in [0.5, 0.6) is 0 Å². The quantitative estimate of drug-likeness (QED) is 0.516. The highest BCUT2D eigenvalue weighted by Gasteiger charge is 2.23. The van der Waals surface area contributed by atoms with Gasteiger partial charge in [0, 0.05) is 31.9 Å². The summed E-state index contributed by atoms with van der Waals surface area (Å²) in [4.78, 5) is 22.3. The summed E-state index contributed by atoms with van der Waals surface area (Å²) in [6.45, 7) is 0.573. The summed E-state index contributed by atoms with van der Waals surface area (Å²) in [5.41, 5.74) is 5.62. The van der Waals surface area contributed by atoms with Crippen molar-refractivity contribution in [2.75, 3.05) is 13.1 Å². The topological polar surface area (TPSA) is 122 Å². The fourth-order valence-corrected chi connectivity index (χ4v) is 1.24. The Hall–Kier alpha value is -2.09. The zero-order valence-corrected chi connectivity index (χ0v) is 9.38. The van der Waals surface area contributed by atoms with Crippen LogP contribution in [0.4, 0.5) is 4.79 Å². The molecule has 1 heterocycles. The molecule has 0 aliphatic carbocycles. The Morgan fingerprint density at radius 1 is 1.65 bits per heavy atom. The van der Waals surface area contributed by atoms with E-state index in [-0.39, 0.29) is 13.1 Å². The molecule has 17 heavy (non-hydrogen) atoms. The van der Waals surface area contributed by atoms with Gasteiger partial charge in [-0.2, -0.15) is 5.10 Å². The number of aromatic nitrogens is 2. The molecule has 1 aromatic heterocycles. The number of aryl methyl sites for hydroxylation is 1. The van der Waals surface area contributed by atoms with Crippen LogP contribution in [0.15, 0.2) is 12.4 Å². The Morgan fingerprint density at radius 3 is 2.82 bits per heavy atom. The van der Waals surface area contributed by atoms with Gasteiger partial charge in [-0.3, -0.25) is 4.68 Å². The van der Waals surface area contributed by atoms with Gasteiger partial charge in [0.05, 0.1) is 6.20 Å². The molecule has 1 unspecified atom stereocenters. The Labute approximate surface area is 97.8 Å². The van der Waals surface area contributed by atoms with Gasteiger partial charge in [-0.1, -0.05) is 0 Å². The van der Waals surface area contributed by atoms with E-state index >= 15 is 0 Å². The summed E-state index contributed by atoms with van der Waals surface area (Å²) < 4.78 is 1.46. The van der Waals surface area contributed by atoms with Crippen molar-refractivity contribution in [1.82, 2.24) is 20.4 Å². The molecule has 0 saturated heterocycles. The Bertz CT molecular complexity index is 403. The molecule has 1 atom stereocenters. The van der Waals surface area contributed by atoms with Gasteiger partial charge in [-0.25, -0.2) is 9.59 Å². The third-order valence-electron chi connectivity index (χ3n) is 2.01. The normalized spacial score (nSPS) is 11.9. The van der Waals surface area contributed by atoms with E-state index in [1.807, 2.05) is 0 Å². The molecule has 0 aliphatic heterocycles. The van der Waals surface area contributed by atoms with Crippen molar-refractivity contribution in [3.63, 3.8) is 0 Å². The number of hydrogen-bond acceptors (Lipinski definition) is 4. The maximum Gasteiger partial charge on any atom is 0.331 e. The molecule has 0 saturated carbocycles. The lowest BCUT2D eigenvalue weighted by Gasteiger charge is -2.13. The lowest BCUT2D eigenvalue weighted by Crippen LogP contribution is -2.42. The number of carbonyl (C=O) groups is 2. The molecular formula is C9H15N5O3. The van der Waals surface area contributed by atoms with Crippen LogP contribution in [0.2, 0.25) is 0 Å². The van der Waals surface area contributed by atoms with Crippen molar-refractivity contribution in [3.05, 3.63) is 18.0 Å². The van der Waals surface area contributed by atoms with Crippen LogP contribution < -0.4 is 16.4 Å². The molecular weight excluding hydrogens is 226 g/mol. The monoisotopic (exact) mass is 241 g/mol. The molecule has 8 heteroatoms. The zero-order valence-electron chi connectivity index (χ0n) is 9.38. The van der Waals surface area contributed by atoms with Gasteiger partial charge >= 0.3 is 12.0 Å². The third-order valence-corrected chi connectivity index (χ3v) is 2.01. The average Bonchev–Trinajstić information content (AvgIpc) is 2.69. The van der Waals surface area contributed by atoms with Crippen molar-refractivity contribution in [2.45, 2.75) is 6.04 Å². The maximum absolute atomic E-state index is 11.3. The van der Waals surface area contributed by atoms with Crippen LogP contribution >= 0.6 is 0 Å². The number of rotatable bonds is 5. The van der Waals surface area contributed by atoms with E-state index < -0.39 is 18.0 Å². The second kappa shape index (κ2) is 5.85. The number of carboxylic acids is 1. The predicted molar refractivity (Wildman–Crippen MR) is 59.2 cm³/mol. The summed E-state index contributed by atoms with van der Waals surface area (Å²) in [5.74, 6) is -1.15. The molecule has 1 rings (SSSR count). The van der Waals surface area contributed by atoms with Gasteiger partial charge in [-0.05, 0) is 0 Å². The predicted octanol–water partition coefficient (Wildman–Crippen LogP) is -1.20.